The molecule has 0 radical (unpaired) electrons. The van der Waals surface area contributed by atoms with Crippen LogP contribution in [-0.4, -0.2) is 32.6 Å². The molecule has 2 aromatic heterocycles. The first-order valence-electron chi connectivity index (χ1n) is 10.1. The molecular weight excluding hydrogens is 402 g/mol. The highest BCUT2D eigenvalue weighted by Crippen LogP contribution is 2.26. The molecule has 0 bridgehead atoms. The normalized spacial score (nSPS) is 10.8. The minimum Gasteiger partial charge on any atom is -0.497 e. The molecular formula is C25H19N5O2. The number of rotatable bonds is 5. The number of aromatic nitrogens is 4. The first kappa shape index (κ1) is 19.4. The summed E-state index contributed by atoms with van der Waals surface area (Å²) in [5.41, 5.74) is 4.02. The van der Waals surface area contributed by atoms with Gasteiger partial charge in [0, 0.05) is 16.7 Å². The van der Waals surface area contributed by atoms with Gasteiger partial charge in [-0.05, 0) is 30.3 Å². The monoisotopic (exact) mass is 421 g/mol. The molecule has 32 heavy (non-hydrogen) atoms. The number of benzene rings is 3. The maximum Gasteiger partial charge on any atom is 0.258 e. The van der Waals surface area contributed by atoms with E-state index >= 15 is 0 Å². The first-order chi connectivity index (χ1) is 15.7. The van der Waals surface area contributed by atoms with Gasteiger partial charge in [0.25, 0.3) is 17.6 Å². The fourth-order valence-corrected chi connectivity index (χ4v) is 3.41. The topological polar surface area (TPSA) is 81.4 Å². The number of ether oxygens (including phenoxy) is 1. The van der Waals surface area contributed by atoms with Gasteiger partial charge in [0.15, 0.2) is 0 Å². The molecule has 0 fully saturated rings. The Bertz CT molecular complexity index is 1380. The van der Waals surface area contributed by atoms with Gasteiger partial charge in [0.2, 0.25) is 0 Å². The molecule has 5 aromatic rings. The summed E-state index contributed by atoms with van der Waals surface area (Å²) >= 11 is 0. The van der Waals surface area contributed by atoms with E-state index < -0.39 is 0 Å². The fourth-order valence-electron chi connectivity index (χ4n) is 3.41. The lowest BCUT2D eigenvalue weighted by Crippen LogP contribution is -2.13. The largest absolute Gasteiger partial charge is 0.497 e. The second-order valence-electron chi connectivity index (χ2n) is 7.09. The number of anilines is 1. The predicted octanol–water partition coefficient (Wildman–Crippen LogP) is 4.72. The summed E-state index contributed by atoms with van der Waals surface area (Å²) in [5, 5.41) is 7.27. The summed E-state index contributed by atoms with van der Waals surface area (Å²) in [5.74, 6) is 0.946. The molecule has 1 N–H and O–H groups in total. The van der Waals surface area contributed by atoms with Crippen molar-refractivity contribution >= 4 is 17.6 Å². The smallest absolute Gasteiger partial charge is 0.258 e. The van der Waals surface area contributed by atoms with Gasteiger partial charge in [-0.2, -0.15) is 9.50 Å². The maximum atomic E-state index is 12.7. The highest BCUT2D eigenvalue weighted by molar-refractivity contribution is 6.03. The van der Waals surface area contributed by atoms with Crippen molar-refractivity contribution in [1.29, 1.82) is 0 Å². The van der Waals surface area contributed by atoms with Gasteiger partial charge in [-0.25, -0.2) is 4.98 Å². The van der Waals surface area contributed by atoms with E-state index in [2.05, 4.69) is 20.4 Å². The van der Waals surface area contributed by atoms with E-state index in [9.17, 15) is 4.79 Å². The summed E-state index contributed by atoms with van der Waals surface area (Å²) in [4.78, 5) is 21.8. The summed E-state index contributed by atoms with van der Waals surface area (Å²) in [6.45, 7) is 0. The zero-order chi connectivity index (χ0) is 21.9. The van der Waals surface area contributed by atoms with Crippen LogP contribution in [0.1, 0.15) is 10.4 Å². The van der Waals surface area contributed by atoms with E-state index in [0.29, 0.717) is 17.1 Å². The number of nitrogens with zero attached hydrogens (tertiary/aromatic N) is 4. The van der Waals surface area contributed by atoms with E-state index in [1.807, 2.05) is 66.7 Å². The van der Waals surface area contributed by atoms with Gasteiger partial charge in [-0.15, -0.1) is 5.10 Å². The van der Waals surface area contributed by atoms with Crippen LogP contribution in [0.4, 0.5) is 5.95 Å². The van der Waals surface area contributed by atoms with Crippen LogP contribution in [0, 0.1) is 0 Å². The molecule has 0 saturated heterocycles. The molecule has 1 amide bonds. The average molecular weight is 421 g/mol. The number of hydrogen-bond donors (Lipinski definition) is 1. The number of carbonyl (C=O) groups excluding carboxylic acids is 1. The van der Waals surface area contributed by atoms with Crippen LogP contribution in [0.15, 0.2) is 91.0 Å². The third-order valence-electron chi connectivity index (χ3n) is 5.03. The Hall–Kier alpha value is -4.52. The maximum absolute atomic E-state index is 12.7. The second kappa shape index (κ2) is 8.31. The third-order valence-corrected chi connectivity index (χ3v) is 5.03. The third kappa shape index (κ3) is 3.79. The zero-order valence-corrected chi connectivity index (χ0v) is 17.3. The second-order valence-corrected chi connectivity index (χ2v) is 7.09. The van der Waals surface area contributed by atoms with Crippen LogP contribution in [0.3, 0.4) is 0 Å². The Morgan fingerprint density at radius 1 is 0.844 bits per heavy atom. The van der Waals surface area contributed by atoms with E-state index in [1.165, 1.54) is 0 Å². The van der Waals surface area contributed by atoms with Crippen LogP contribution in [0.25, 0.3) is 28.3 Å². The number of amides is 1. The van der Waals surface area contributed by atoms with E-state index in [4.69, 9.17) is 4.74 Å². The van der Waals surface area contributed by atoms with Crippen molar-refractivity contribution in [2.75, 3.05) is 12.4 Å². The number of nitrogens with one attached hydrogen (secondary N) is 1. The molecule has 0 unspecified atom stereocenters. The molecule has 0 atom stereocenters. The molecule has 7 nitrogen and oxygen atoms in total. The molecule has 156 valence electrons. The van der Waals surface area contributed by atoms with Gasteiger partial charge in [0.1, 0.15) is 5.75 Å². The predicted molar refractivity (Wildman–Crippen MR) is 123 cm³/mol. The number of methoxy groups -OCH3 is 1. The summed E-state index contributed by atoms with van der Waals surface area (Å²) in [6, 6.07) is 28.6. The van der Waals surface area contributed by atoms with Crippen molar-refractivity contribution in [1.82, 2.24) is 19.6 Å². The van der Waals surface area contributed by atoms with E-state index in [0.717, 1.165) is 22.5 Å². The first-order valence-corrected chi connectivity index (χ1v) is 10.1. The lowest BCUT2D eigenvalue weighted by molar-refractivity contribution is 0.102. The molecule has 0 aliphatic heterocycles. The van der Waals surface area contributed by atoms with Crippen LogP contribution in [0.5, 0.6) is 5.75 Å². The quantitative estimate of drug-likeness (QED) is 0.444. The van der Waals surface area contributed by atoms with Crippen LogP contribution < -0.4 is 10.1 Å². The van der Waals surface area contributed by atoms with Gasteiger partial charge in [0.05, 0.1) is 18.5 Å². The van der Waals surface area contributed by atoms with Gasteiger partial charge in [-0.3, -0.25) is 10.1 Å². The number of hydrogen-bond acceptors (Lipinski definition) is 5. The van der Waals surface area contributed by atoms with Crippen LogP contribution in [-0.2, 0) is 0 Å². The minimum absolute atomic E-state index is 0.181. The van der Waals surface area contributed by atoms with Crippen molar-refractivity contribution in [2.24, 2.45) is 0 Å². The Labute approximate surface area is 184 Å². The summed E-state index contributed by atoms with van der Waals surface area (Å²) in [6.07, 6.45) is 0. The Morgan fingerprint density at radius 3 is 2.16 bits per heavy atom. The van der Waals surface area contributed by atoms with Gasteiger partial charge < -0.3 is 4.74 Å². The van der Waals surface area contributed by atoms with Crippen molar-refractivity contribution in [3.05, 3.63) is 96.6 Å². The van der Waals surface area contributed by atoms with Gasteiger partial charge >= 0.3 is 0 Å². The molecule has 0 aliphatic rings. The zero-order valence-electron chi connectivity index (χ0n) is 17.3. The Balaban J connectivity index is 1.56. The highest BCUT2D eigenvalue weighted by Gasteiger charge is 2.16. The molecule has 5 rings (SSSR count). The Kier molecular flexibility index (Phi) is 5.05. The van der Waals surface area contributed by atoms with Crippen molar-refractivity contribution in [3.63, 3.8) is 0 Å². The van der Waals surface area contributed by atoms with Gasteiger partial charge in [-0.1, -0.05) is 60.7 Å². The van der Waals surface area contributed by atoms with Crippen LogP contribution in [0.2, 0.25) is 0 Å². The SMILES string of the molecule is COc1ccc(C(=O)Nc2nc3nc(-c4ccccc4)cc(-c4ccccc4)n3n2)cc1. The van der Waals surface area contributed by atoms with E-state index in [1.54, 1.807) is 35.9 Å². The molecule has 0 saturated carbocycles. The van der Waals surface area contributed by atoms with Crippen molar-refractivity contribution in [2.45, 2.75) is 0 Å². The molecule has 2 heterocycles. The molecule has 0 spiro atoms. The number of carbonyl (C=O) groups is 1. The standard InChI is InChI=1S/C25H19N5O2/c1-32-20-14-12-19(13-15-20)23(31)27-24-28-25-26-21(17-8-4-2-5-9-17)16-22(30(25)29-24)18-10-6-3-7-11-18/h2-16H,1H3,(H,27,29,31). The van der Waals surface area contributed by atoms with Crippen LogP contribution >= 0.6 is 0 Å². The van der Waals surface area contributed by atoms with Crippen molar-refractivity contribution < 1.29 is 9.53 Å². The van der Waals surface area contributed by atoms with E-state index in [-0.39, 0.29) is 11.9 Å². The number of fused-ring (bicyclic) bond motifs is 1. The Morgan fingerprint density at radius 2 is 1.50 bits per heavy atom. The average Bonchev–Trinajstić information content (AvgIpc) is 3.26. The summed E-state index contributed by atoms with van der Waals surface area (Å²) < 4.78 is 6.79. The lowest BCUT2D eigenvalue weighted by Gasteiger charge is -2.07. The summed E-state index contributed by atoms with van der Waals surface area (Å²) in [7, 11) is 1.58. The molecule has 7 heteroatoms. The lowest BCUT2D eigenvalue weighted by atomic mass is 10.1. The molecule has 0 aliphatic carbocycles. The van der Waals surface area contributed by atoms with Crippen molar-refractivity contribution in [3.8, 4) is 28.3 Å². The highest BCUT2D eigenvalue weighted by atomic mass is 16.5. The minimum atomic E-state index is -0.312. The fraction of sp³-hybridized carbons (Fsp3) is 0.0400. The molecule has 3 aromatic carbocycles.